The summed E-state index contributed by atoms with van der Waals surface area (Å²) in [5.41, 5.74) is 4.93. The normalized spacial score (nSPS) is 11.3. The van der Waals surface area contributed by atoms with Crippen LogP contribution in [0.25, 0.3) is 11.1 Å². The molecule has 8 nitrogen and oxygen atoms in total. The maximum atomic E-state index is 12.1. The van der Waals surface area contributed by atoms with Crippen molar-refractivity contribution in [3.05, 3.63) is 83.9 Å². The summed E-state index contributed by atoms with van der Waals surface area (Å²) in [7, 11) is 0. The van der Waals surface area contributed by atoms with Gasteiger partial charge in [-0.3, -0.25) is 4.79 Å². The van der Waals surface area contributed by atoms with Crippen molar-refractivity contribution in [1.29, 1.82) is 0 Å². The first-order chi connectivity index (χ1) is 17.0. The molecule has 8 heteroatoms. The van der Waals surface area contributed by atoms with Crippen molar-refractivity contribution in [2.75, 3.05) is 25.1 Å². The lowest BCUT2D eigenvalue weighted by Crippen LogP contribution is -2.26. The lowest BCUT2D eigenvalue weighted by Gasteiger charge is -2.14. The van der Waals surface area contributed by atoms with Crippen LogP contribution < -0.4 is 15.4 Å². The Labute approximate surface area is 201 Å². The predicted molar refractivity (Wildman–Crippen MR) is 129 cm³/mol. The summed E-state index contributed by atoms with van der Waals surface area (Å²) in [5, 5.41) is 13.7. The Kier molecular flexibility index (Phi) is 7.28. The zero-order valence-electron chi connectivity index (χ0n) is 18.6. The van der Waals surface area contributed by atoms with Crippen LogP contribution in [0.2, 0.25) is 0 Å². The van der Waals surface area contributed by atoms with Gasteiger partial charge in [-0.2, -0.15) is 0 Å². The smallest absolute Gasteiger partial charge is 0.407 e. The van der Waals surface area contributed by atoms with Crippen LogP contribution in [0.1, 0.15) is 17.0 Å². The molecular formula is C27H22N2O6. The number of nitrogens with one attached hydrogen (secondary N) is 2. The number of alkyl carbamates (subject to hydrolysis) is 1. The second kappa shape index (κ2) is 10.9. The molecule has 0 spiro atoms. The summed E-state index contributed by atoms with van der Waals surface area (Å²) in [6.45, 7) is -0.362. The van der Waals surface area contributed by atoms with Gasteiger partial charge in [0.25, 0.3) is 5.91 Å². The number of ether oxygens (including phenoxy) is 2. The van der Waals surface area contributed by atoms with Gasteiger partial charge < -0.3 is 25.2 Å². The van der Waals surface area contributed by atoms with Crippen LogP contribution in [0.3, 0.4) is 0 Å². The molecule has 0 fully saturated rings. The van der Waals surface area contributed by atoms with E-state index in [9.17, 15) is 14.4 Å². The van der Waals surface area contributed by atoms with Gasteiger partial charge in [0.05, 0.1) is 6.54 Å². The number of carboxylic acid groups (broad SMARTS) is 1. The summed E-state index contributed by atoms with van der Waals surface area (Å²) in [4.78, 5) is 34.7. The molecule has 0 aromatic heterocycles. The van der Waals surface area contributed by atoms with Crippen LogP contribution in [0.15, 0.2) is 72.8 Å². The predicted octanol–water partition coefficient (Wildman–Crippen LogP) is 3.63. The van der Waals surface area contributed by atoms with Crippen LogP contribution in [-0.2, 0) is 14.3 Å². The third-order valence-electron chi connectivity index (χ3n) is 5.32. The zero-order chi connectivity index (χ0) is 24.6. The third-order valence-corrected chi connectivity index (χ3v) is 5.32. The molecule has 2 amide bonds. The third kappa shape index (κ3) is 5.97. The molecule has 0 bridgehead atoms. The Hall–Kier alpha value is -4.77. The van der Waals surface area contributed by atoms with Gasteiger partial charge >= 0.3 is 12.1 Å². The minimum atomic E-state index is -1.10. The lowest BCUT2D eigenvalue weighted by atomic mass is 9.98. The number of benzene rings is 3. The first kappa shape index (κ1) is 23.4. The highest BCUT2D eigenvalue weighted by molar-refractivity contribution is 6.04. The van der Waals surface area contributed by atoms with Gasteiger partial charge in [0.2, 0.25) is 0 Å². The fraction of sp³-hybridized carbons (Fsp3) is 0.148. The molecule has 176 valence electrons. The molecule has 35 heavy (non-hydrogen) atoms. The van der Waals surface area contributed by atoms with Crippen LogP contribution >= 0.6 is 0 Å². The Bertz CT molecular complexity index is 1280. The highest BCUT2D eigenvalue weighted by Crippen LogP contribution is 2.44. The molecule has 1 aliphatic rings. The maximum Gasteiger partial charge on any atom is 0.407 e. The van der Waals surface area contributed by atoms with E-state index < -0.39 is 24.6 Å². The van der Waals surface area contributed by atoms with E-state index in [4.69, 9.17) is 14.6 Å². The largest absolute Gasteiger partial charge is 0.482 e. The summed E-state index contributed by atoms with van der Waals surface area (Å²) >= 11 is 0. The molecule has 3 aromatic rings. The van der Waals surface area contributed by atoms with E-state index in [0.29, 0.717) is 11.4 Å². The van der Waals surface area contributed by atoms with Crippen LogP contribution in [0.5, 0.6) is 5.75 Å². The molecule has 4 rings (SSSR count). The van der Waals surface area contributed by atoms with Crippen molar-refractivity contribution >= 4 is 23.7 Å². The first-order valence-corrected chi connectivity index (χ1v) is 10.8. The lowest BCUT2D eigenvalue weighted by molar-refractivity contribution is -0.139. The second-order valence-corrected chi connectivity index (χ2v) is 7.65. The minimum Gasteiger partial charge on any atom is -0.482 e. The van der Waals surface area contributed by atoms with Crippen molar-refractivity contribution in [1.82, 2.24) is 5.32 Å². The van der Waals surface area contributed by atoms with Gasteiger partial charge in [0, 0.05) is 17.7 Å². The number of carboxylic acids is 1. The van der Waals surface area contributed by atoms with Crippen LogP contribution in [0, 0.1) is 11.8 Å². The van der Waals surface area contributed by atoms with E-state index in [1.807, 2.05) is 36.4 Å². The fourth-order valence-corrected chi connectivity index (χ4v) is 3.86. The summed E-state index contributed by atoms with van der Waals surface area (Å²) in [6.07, 6.45) is -0.621. The van der Waals surface area contributed by atoms with Crippen molar-refractivity contribution in [3.8, 4) is 28.7 Å². The first-order valence-electron chi connectivity index (χ1n) is 10.8. The van der Waals surface area contributed by atoms with Crippen molar-refractivity contribution in [2.24, 2.45) is 0 Å². The average molecular weight is 470 g/mol. The number of carbonyl (C=O) groups excluding carboxylic acids is 2. The number of rotatable bonds is 7. The van der Waals surface area contributed by atoms with Crippen LogP contribution in [-0.4, -0.2) is 42.8 Å². The zero-order valence-corrected chi connectivity index (χ0v) is 18.6. The number of amides is 2. The summed E-state index contributed by atoms with van der Waals surface area (Å²) in [5.74, 6) is 3.51. The molecule has 3 aromatic carbocycles. The van der Waals surface area contributed by atoms with Gasteiger partial charge in [-0.05, 0) is 40.3 Å². The Morgan fingerprint density at radius 2 is 1.60 bits per heavy atom. The van der Waals surface area contributed by atoms with Crippen LogP contribution in [0.4, 0.5) is 10.5 Å². The number of anilines is 1. The number of hydrogen-bond donors (Lipinski definition) is 3. The summed E-state index contributed by atoms with van der Waals surface area (Å²) in [6, 6.07) is 22.4. The number of carbonyl (C=O) groups is 3. The highest BCUT2D eigenvalue weighted by Gasteiger charge is 2.28. The van der Waals surface area contributed by atoms with Gasteiger partial charge in [-0.15, -0.1) is 0 Å². The number of aliphatic carboxylic acids is 1. The fourth-order valence-electron chi connectivity index (χ4n) is 3.86. The van der Waals surface area contributed by atoms with E-state index in [1.54, 1.807) is 18.2 Å². The Balaban J connectivity index is 1.24. The van der Waals surface area contributed by atoms with E-state index in [2.05, 4.69) is 34.6 Å². The SMILES string of the molecule is O=C(O)COc1cccc(NC(=O)C#CCNC(=O)OCC2c3ccccc3-c3ccccc32)c1. The molecule has 0 unspecified atom stereocenters. The van der Waals surface area contributed by atoms with Gasteiger partial charge in [-0.25, -0.2) is 9.59 Å². The standard InChI is InChI=1S/C27H22N2O6/c30-25(29-18-7-5-8-19(15-18)34-17-26(31)32)13-6-14-28-27(33)35-16-24-22-11-3-1-9-20(22)21-10-2-4-12-23(21)24/h1-5,7-12,15,24H,14,16-17H2,(H,28,33)(H,29,30)(H,31,32). The van der Waals surface area contributed by atoms with E-state index in [-0.39, 0.29) is 19.1 Å². The number of fused-ring (bicyclic) bond motifs is 3. The monoisotopic (exact) mass is 470 g/mol. The van der Waals surface area contributed by atoms with Gasteiger partial charge in [0.1, 0.15) is 12.4 Å². The minimum absolute atomic E-state index is 0.0414. The Morgan fingerprint density at radius 1 is 0.914 bits per heavy atom. The molecular weight excluding hydrogens is 448 g/mol. The maximum absolute atomic E-state index is 12.1. The molecule has 3 N–H and O–H groups in total. The van der Waals surface area contributed by atoms with Gasteiger partial charge in [0.15, 0.2) is 6.61 Å². The molecule has 0 heterocycles. The van der Waals surface area contributed by atoms with Gasteiger partial charge in [-0.1, -0.05) is 60.5 Å². The quantitative estimate of drug-likeness (QED) is 0.455. The molecule has 0 saturated heterocycles. The molecule has 1 aliphatic carbocycles. The number of hydrogen-bond acceptors (Lipinski definition) is 5. The average Bonchev–Trinajstić information content (AvgIpc) is 3.18. The summed E-state index contributed by atoms with van der Waals surface area (Å²) < 4.78 is 10.5. The molecule has 0 aliphatic heterocycles. The topological polar surface area (TPSA) is 114 Å². The second-order valence-electron chi connectivity index (χ2n) is 7.65. The van der Waals surface area contributed by atoms with E-state index in [0.717, 1.165) is 22.3 Å². The highest BCUT2D eigenvalue weighted by atomic mass is 16.5. The molecule has 0 atom stereocenters. The van der Waals surface area contributed by atoms with E-state index in [1.165, 1.54) is 6.07 Å². The Morgan fingerprint density at radius 3 is 2.29 bits per heavy atom. The van der Waals surface area contributed by atoms with Crippen molar-refractivity contribution < 1.29 is 29.0 Å². The van der Waals surface area contributed by atoms with Crippen molar-refractivity contribution in [2.45, 2.75) is 5.92 Å². The molecule has 0 radical (unpaired) electrons. The van der Waals surface area contributed by atoms with E-state index >= 15 is 0 Å². The van der Waals surface area contributed by atoms with Crippen molar-refractivity contribution in [3.63, 3.8) is 0 Å². The molecule has 0 saturated carbocycles.